The molecule has 2 N–H and O–H groups in total. The number of nitrogens with zero attached hydrogens (tertiary/aromatic N) is 1. The zero-order valence-corrected chi connectivity index (χ0v) is 18.0. The van der Waals surface area contributed by atoms with E-state index in [9.17, 15) is 9.59 Å². The normalized spacial score (nSPS) is 31.4. The highest BCUT2D eigenvalue weighted by Crippen LogP contribution is 2.65. The minimum absolute atomic E-state index is 0.0589. The fourth-order valence-corrected chi connectivity index (χ4v) is 6.49. The van der Waals surface area contributed by atoms with Crippen LogP contribution in [0.1, 0.15) is 81.7 Å². The van der Waals surface area contributed by atoms with Crippen LogP contribution in [0, 0.1) is 29.1 Å². The van der Waals surface area contributed by atoms with Crippen molar-refractivity contribution in [2.75, 3.05) is 6.54 Å². The van der Waals surface area contributed by atoms with Gasteiger partial charge in [0.05, 0.1) is 6.04 Å². The third kappa shape index (κ3) is 3.97. The monoisotopic (exact) mass is 415 g/mol. The molecule has 5 nitrogen and oxygen atoms in total. The number of rotatable bonds is 7. The Kier molecular flexibility index (Phi) is 5.39. The zero-order valence-electron chi connectivity index (χ0n) is 17.2. The number of carbonyl (C=O) groups excluding carboxylic acids is 2. The molecule has 1 aromatic heterocycles. The molecule has 1 spiro atoms. The molecule has 0 unspecified atom stereocenters. The Morgan fingerprint density at radius 3 is 2.45 bits per heavy atom. The third-order valence-electron chi connectivity index (χ3n) is 8.27. The second-order valence-electron chi connectivity index (χ2n) is 9.98. The molecule has 0 aromatic carbocycles. The molecule has 0 bridgehead atoms. The number of hydrogen-bond acceptors (Lipinski definition) is 4. The van der Waals surface area contributed by atoms with E-state index in [4.69, 9.17) is 0 Å². The van der Waals surface area contributed by atoms with E-state index in [0.29, 0.717) is 29.1 Å². The highest BCUT2D eigenvalue weighted by molar-refractivity contribution is 7.09. The summed E-state index contributed by atoms with van der Waals surface area (Å²) in [5.74, 6) is 2.08. The Balaban J connectivity index is 1.11. The molecule has 2 amide bonds. The number of hydrogen-bond donors (Lipinski definition) is 2. The van der Waals surface area contributed by atoms with Crippen LogP contribution < -0.4 is 10.6 Å². The van der Waals surface area contributed by atoms with E-state index in [-0.39, 0.29) is 17.9 Å². The van der Waals surface area contributed by atoms with Crippen molar-refractivity contribution in [3.63, 3.8) is 0 Å². The van der Waals surface area contributed by atoms with Gasteiger partial charge in [0.1, 0.15) is 5.01 Å². The van der Waals surface area contributed by atoms with E-state index in [1.165, 1.54) is 25.7 Å². The van der Waals surface area contributed by atoms with Crippen LogP contribution in [0.25, 0.3) is 0 Å². The number of carbonyl (C=O) groups is 2. The minimum Gasteiger partial charge on any atom is -0.356 e. The summed E-state index contributed by atoms with van der Waals surface area (Å²) >= 11 is 1.65. The average molecular weight is 416 g/mol. The molecule has 4 saturated carbocycles. The molecule has 1 heterocycles. The summed E-state index contributed by atoms with van der Waals surface area (Å²) in [6, 6.07) is 0.0589. The number of thiazole rings is 1. The van der Waals surface area contributed by atoms with Gasteiger partial charge in [0.15, 0.2) is 0 Å². The van der Waals surface area contributed by atoms with Gasteiger partial charge >= 0.3 is 0 Å². The topological polar surface area (TPSA) is 71.1 Å². The molecule has 0 saturated heterocycles. The number of nitrogens with one attached hydrogen (secondary N) is 2. The van der Waals surface area contributed by atoms with E-state index >= 15 is 0 Å². The Bertz CT molecular complexity index is 733. The zero-order chi connectivity index (χ0) is 19.8. The average Bonchev–Trinajstić information content (AvgIpc) is 3.22. The quantitative estimate of drug-likeness (QED) is 0.701. The van der Waals surface area contributed by atoms with Gasteiger partial charge in [-0.15, -0.1) is 11.3 Å². The summed E-state index contributed by atoms with van der Waals surface area (Å²) in [6.45, 7) is 0.828. The van der Waals surface area contributed by atoms with Crippen LogP contribution in [0.4, 0.5) is 0 Å². The van der Waals surface area contributed by atoms with Gasteiger partial charge < -0.3 is 10.6 Å². The molecular formula is C23H33N3O2S. The Morgan fingerprint density at radius 1 is 1.10 bits per heavy atom. The van der Waals surface area contributed by atoms with Crippen molar-refractivity contribution in [1.29, 1.82) is 0 Å². The van der Waals surface area contributed by atoms with E-state index in [2.05, 4.69) is 15.6 Å². The van der Waals surface area contributed by atoms with Gasteiger partial charge in [0.2, 0.25) is 11.8 Å². The summed E-state index contributed by atoms with van der Waals surface area (Å²) in [5.41, 5.74) is 0.418. The first-order chi connectivity index (χ1) is 14.1. The van der Waals surface area contributed by atoms with E-state index in [0.717, 1.165) is 56.5 Å². The lowest BCUT2D eigenvalue weighted by molar-refractivity contribution is -0.129. The van der Waals surface area contributed by atoms with Crippen molar-refractivity contribution in [2.24, 2.45) is 29.1 Å². The predicted octanol–water partition coefficient (Wildman–Crippen LogP) is 4.21. The second-order valence-corrected chi connectivity index (χ2v) is 10.9. The van der Waals surface area contributed by atoms with Gasteiger partial charge in [-0.3, -0.25) is 9.59 Å². The Hall–Kier alpha value is -1.43. The lowest BCUT2D eigenvalue weighted by Crippen LogP contribution is -2.41. The summed E-state index contributed by atoms with van der Waals surface area (Å²) < 4.78 is 0. The van der Waals surface area contributed by atoms with Crippen LogP contribution in [-0.2, 0) is 9.59 Å². The molecule has 1 aromatic rings. The lowest BCUT2D eigenvalue weighted by Gasteiger charge is -2.35. The molecule has 2 atom stereocenters. The van der Waals surface area contributed by atoms with Crippen LogP contribution in [0.5, 0.6) is 0 Å². The number of amides is 2. The standard InChI is InChI=1S/C23H33N3O2S/c27-20(17-3-1-4-17)26-19(22-24-11-12-29-22)16-7-5-15(6-8-16)14-25-21(28)18-13-23(18)9-2-10-23/h11-12,15-19H,1-10,13-14H2,(H,25,28)(H,26,27)/t15?,16?,18-,19+/m0/s1. The molecular weight excluding hydrogens is 382 g/mol. The fourth-order valence-electron chi connectivity index (χ4n) is 5.71. The summed E-state index contributed by atoms with van der Waals surface area (Å²) in [5, 5.41) is 9.65. The molecule has 5 rings (SSSR count). The third-order valence-corrected chi connectivity index (χ3v) is 9.13. The summed E-state index contributed by atoms with van der Waals surface area (Å²) in [6.07, 6.45) is 14.5. The molecule has 4 aliphatic carbocycles. The van der Waals surface area contributed by atoms with Crippen molar-refractivity contribution in [3.8, 4) is 0 Å². The molecule has 29 heavy (non-hydrogen) atoms. The maximum atomic E-state index is 12.6. The highest BCUT2D eigenvalue weighted by Gasteiger charge is 2.60. The van der Waals surface area contributed by atoms with Gasteiger partial charge in [0, 0.05) is 30.0 Å². The van der Waals surface area contributed by atoms with Crippen LogP contribution >= 0.6 is 11.3 Å². The minimum atomic E-state index is 0.0589. The van der Waals surface area contributed by atoms with E-state index < -0.39 is 0 Å². The van der Waals surface area contributed by atoms with E-state index in [1.54, 1.807) is 11.3 Å². The summed E-state index contributed by atoms with van der Waals surface area (Å²) in [7, 11) is 0. The van der Waals surface area contributed by atoms with Gasteiger partial charge in [-0.05, 0) is 75.0 Å². The first-order valence-corrected chi connectivity index (χ1v) is 12.5. The van der Waals surface area contributed by atoms with Crippen LogP contribution in [0.2, 0.25) is 0 Å². The largest absolute Gasteiger partial charge is 0.356 e. The second kappa shape index (κ2) is 8.01. The first kappa shape index (κ1) is 19.5. The molecule has 158 valence electrons. The molecule has 4 aliphatic rings. The Morgan fingerprint density at radius 2 is 1.90 bits per heavy atom. The van der Waals surface area contributed by atoms with Gasteiger partial charge in [-0.25, -0.2) is 4.98 Å². The van der Waals surface area contributed by atoms with Crippen molar-refractivity contribution in [3.05, 3.63) is 16.6 Å². The molecule has 0 radical (unpaired) electrons. The van der Waals surface area contributed by atoms with Gasteiger partial charge in [-0.2, -0.15) is 0 Å². The maximum absolute atomic E-state index is 12.6. The van der Waals surface area contributed by atoms with E-state index in [1.807, 2.05) is 11.6 Å². The molecule has 4 fully saturated rings. The van der Waals surface area contributed by atoms with Crippen molar-refractivity contribution < 1.29 is 9.59 Å². The predicted molar refractivity (Wildman–Crippen MR) is 113 cm³/mol. The smallest absolute Gasteiger partial charge is 0.223 e. The SMILES string of the molecule is O=C(N[C@@H](c1nccs1)C1CCC(CNC(=O)[C@@H]2CC23CCC3)CC1)C1CCC1. The highest BCUT2D eigenvalue weighted by atomic mass is 32.1. The van der Waals surface area contributed by atoms with Gasteiger partial charge in [-0.1, -0.05) is 12.8 Å². The lowest BCUT2D eigenvalue weighted by atomic mass is 9.77. The molecule has 0 aliphatic heterocycles. The van der Waals surface area contributed by atoms with Crippen LogP contribution in [0.3, 0.4) is 0 Å². The summed E-state index contributed by atoms with van der Waals surface area (Å²) in [4.78, 5) is 29.6. The maximum Gasteiger partial charge on any atom is 0.223 e. The van der Waals surface area contributed by atoms with Crippen LogP contribution in [0.15, 0.2) is 11.6 Å². The van der Waals surface area contributed by atoms with Gasteiger partial charge in [0.25, 0.3) is 0 Å². The molecule has 6 heteroatoms. The first-order valence-electron chi connectivity index (χ1n) is 11.6. The van der Waals surface area contributed by atoms with Crippen LogP contribution in [-0.4, -0.2) is 23.3 Å². The fraction of sp³-hybridized carbons (Fsp3) is 0.783. The number of aromatic nitrogens is 1. The van der Waals surface area contributed by atoms with Crippen molar-refractivity contribution >= 4 is 23.2 Å². The van der Waals surface area contributed by atoms with Crippen molar-refractivity contribution in [2.45, 2.75) is 76.7 Å². The van der Waals surface area contributed by atoms with Crippen molar-refractivity contribution in [1.82, 2.24) is 15.6 Å². The Labute approximate surface area is 177 Å².